The second kappa shape index (κ2) is 9.92. The molecule has 1 fully saturated rings. The maximum Gasteiger partial charge on any atom is 0.253 e. The molecule has 6 nitrogen and oxygen atoms in total. The van der Waals surface area contributed by atoms with Gasteiger partial charge in [0.25, 0.3) is 5.91 Å². The third kappa shape index (κ3) is 4.93. The number of nitrogens with one attached hydrogen (secondary N) is 1. The molecule has 1 aromatic heterocycles. The molecule has 1 atom stereocenters. The zero-order valence-corrected chi connectivity index (χ0v) is 20.2. The number of hydrogen-bond acceptors (Lipinski definition) is 4. The molecular weight excluding hydrogens is 462 g/mol. The topological polar surface area (TPSA) is 75.4 Å². The number of hydrogen-bond donors (Lipinski definition) is 1. The number of rotatable bonds is 5. The third-order valence-electron chi connectivity index (χ3n) is 6.73. The van der Waals surface area contributed by atoms with Gasteiger partial charge >= 0.3 is 0 Å². The molecule has 2 amide bonds. The lowest BCUT2D eigenvalue weighted by Gasteiger charge is -2.34. The number of halogens is 1. The van der Waals surface area contributed by atoms with Crippen LogP contribution in [0.3, 0.4) is 0 Å². The Labute approximate surface area is 208 Å². The molecule has 4 aromatic rings. The van der Waals surface area contributed by atoms with E-state index in [0.717, 1.165) is 18.4 Å². The van der Waals surface area contributed by atoms with Crippen LogP contribution in [0.1, 0.15) is 30.1 Å². The summed E-state index contributed by atoms with van der Waals surface area (Å²) in [4.78, 5) is 32.4. The van der Waals surface area contributed by atoms with Crippen LogP contribution in [0.15, 0.2) is 77.2 Å². The maximum absolute atomic E-state index is 13.2. The molecule has 1 N–H and O–H groups in total. The number of nitrogens with zero attached hydrogens (tertiary/aromatic N) is 2. The van der Waals surface area contributed by atoms with E-state index >= 15 is 0 Å². The minimum Gasteiger partial charge on any atom is -0.436 e. The quantitative estimate of drug-likeness (QED) is 0.359. The summed E-state index contributed by atoms with van der Waals surface area (Å²) in [5.41, 5.74) is 3.42. The number of carbonyl (C=O) groups is 2. The maximum atomic E-state index is 13.2. The number of aromatic nitrogens is 1. The Morgan fingerprint density at radius 2 is 1.74 bits per heavy atom. The Morgan fingerprint density at radius 3 is 2.49 bits per heavy atom. The number of carbonyl (C=O) groups excluding carboxylic acids is 2. The van der Waals surface area contributed by atoms with Crippen molar-refractivity contribution in [3.8, 4) is 11.5 Å². The average molecular weight is 488 g/mol. The van der Waals surface area contributed by atoms with Crippen molar-refractivity contribution in [2.45, 2.75) is 19.8 Å². The van der Waals surface area contributed by atoms with Crippen LogP contribution in [0.5, 0.6) is 0 Å². The Balaban J connectivity index is 1.21. The fourth-order valence-electron chi connectivity index (χ4n) is 4.57. The number of amides is 2. The Hall–Kier alpha value is -3.64. The minimum absolute atomic E-state index is 0.0252. The van der Waals surface area contributed by atoms with Crippen LogP contribution in [0.25, 0.3) is 22.6 Å². The van der Waals surface area contributed by atoms with Crippen molar-refractivity contribution in [2.24, 2.45) is 11.8 Å². The van der Waals surface area contributed by atoms with Crippen molar-refractivity contribution in [3.05, 3.63) is 83.4 Å². The number of para-hydroxylation sites is 1. The summed E-state index contributed by atoms with van der Waals surface area (Å²) in [7, 11) is 0. The van der Waals surface area contributed by atoms with E-state index < -0.39 is 0 Å². The predicted molar refractivity (Wildman–Crippen MR) is 137 cm³/mol. The highest BCUT2D eigenvalue weighted by molar-refractivity contribution is 6.33. The summed E-state index contributed by atoms with van der Waals surface area (Å²) in [6.45, 7) is 3.16. The van der Waals surface area contributed by atoms with Gasteiger partial charge in [-0.15, -0.1) is 0 Å². The summed E-state index contributed by atoms with van der Waals surface area (Å²) >= 11 is 6.17. The van der Waals surface area contributed by atoms with Crippen LogP contribution in [0.4, 0.5) is 5.69 Å². The van der Waals surface area contributed by atoms with Crippen molar-refractivity contribution >= 4 is 40.2 Å². The van der Waals surface area contributed by atoms with Crippen molar-refractivity contribution in [1.29, 1.82) is 0 Å². The number of likely N-dealkylation sites (tertiary alicyclic amines) is 1. The van der Waals surface area contributed by atoms with E-state index in [0.29, 0.717) is 46.4 Å². The smallest absolute Gasteiger partial charge is 0.253 e. The standard InChI is InChI=1S/C28H26ClN3O3/c1-18(26(33)30-23-10-6-5-9-22(23)29)19-13-15-32(16-14-19)28(34)21-11-12-25-24(17-21)31-27(35-25)20-7-3-2-4-8-20/h2-12,17-19H,13-16H2,1H3,(H,30,33). The highest BCUT2D eigenvalue weighted by Gasteiger charge is 2.30. The second-order valence-electron chi connectivity index (χ2n) is 8.95. The number of piperidine rings is 1. The Morgan fingerprint density at radius 1 is 1.03 bits per heavy atom. The molecular formula is C28H26ClN3O3. The molecule has 1 aliphatic heterocycles. The van der Waals surface area contributed by atoms with Gasteiger partial charge in [-0.2, -0.15) is 0 Å². The molecule has 3 aromatic carbocycles. The molecule has 1 aliphatic rings. The first kappa shape index (κ1) is 23.1. The molecule has 1 unspecified atom stereocenters. The lowest BCUT2D eigenvalue weighted by molar-refractivity contribution is -0.121. The zero-order chi connectivity index (χ0) is 24.4. The van der Waals surface area contributed by atoms with E-state index in [2.05, 4.69) is 10.3 Å². The van der Waals surface area contributed by atoms with Gasteiger partial charge < -0.3 is 14.6 Å². The van der Waals surface area contributed by atoms with Crippen molar-refractivity contribution in [1.82, 2.24) is 9.88 Å². The van der Waals surface area contributed by atoms with Gasteiger partial charge in [0.15, 0.2) is 5.58 Å². The van der Waals surface area contributed by atoms with E-state index in [-0.39, 0.29) is 23.7 Å². The van der Waals surface area contributed by atoms with Gasteiger partial charge in [-0.25, -0.2) is 4.98 Å². The van der Waals surface area contributed by atoms with Gasteiger partial charge in [-0.3, -0.25) is 9.59 Å². The van der Waals surface area contributed by atoms with Crippen molar-refractivity contribution in [2.75, 3.05) is 18.4 Å². The van der Waals surface area contributed by atoms with E-state index in [4.69, 9.17) is 16.0 Å². The van der Waals surface area contributed by atoms with Gasteiger partial charge in [0.05, 0.1) is 10.7 Å². The van der Waals surface area contributed by atoms with Crippen LogP contribution >= 0.6 is 11.6 Å². The van der Waals surface area contributed by atoms with E-state index in [1.54, 1.807) is 30.3 Å². The van der Waals surface area contributed by atoms with Gasteiger partial charge in [0.1, 0.15) is 5.52 Å². The summed E-state index contributed by atoms with van der Waals surface area (Å²) < 4.78 is 5.86. The Bertz CT molecular complexity index is 1360. The normalized spacial score (nSPS) is 15.2. The molecule has 0 spiro atoms. The largest absolute Gasteiger partial charge is 0.436 e. The average Bonchev–Trinajstić information content (AvgIpc) is 3.33. The molecule has 7 heteroatoms. The number of fused-ring (bicyclic) bond motifs is 1. The van der Waals surface area contributed by atoms with Gasteiger partial charge in [0.2, 0.25) is 11.8 Å². The number of anilines is 1. The second-order valence-corrected chi connectivity index (χ2v) is 9.36. The molecule has 2 heterocycles. The highest BCUT2D eigenvalue weighted by atomic mass is 35.5. The fourth-order valence-corrected chi connectivity index (χ4v) is 4.76. The highest BCUT2D eigenvalue weighted by Crippen LogP contribution is 2.29. The van der Waals surface area contributed by atoms with Crippen LogP contribution in [0.2, 0.25) is 5.02 Å². The first-order chi connectivity index (χ1) is 17.0. The van der Waals surface area contributed by atoms with Crippen LogP contribution in [0, 0.1) is 11.8 Å². The lowest BCUT2D eigenvalue weighted by atomic mass is 9.84. The fraction of sp³-hybridized carbons (Fsp3) is 0.250. The minimum atomic E-state index is -0.175. The summed E-state index contributed by atoms with van der Waals surface area (Å²) in [6, 6.07) is 22.3. The third-order valence-corrected chi connectivity index (χ3v) is 7.06. The van der Waals surface area contributed by atoms with Crippen molar-refractivity contribution in [3.63, 3.8) is 0 Å². The molecule has 0 saturated carbocycles. The summed E-state index contributed by atoms with van der Waals surface area (Å²) in [5, 5.41) is 3.45. The van der Waals surface area contributed by atoms with E-state index in [9.17, 15) is 9.59 Å². The van der Waals surface area contributed by atoms with Gasteiger partial charge in [-0.05, 0) is 61.2 Å². The zero-order valence-electron chi connectivity index (χ0n) is 19.4. The van der Waals surface area contributed by atoms with E-state index in [1.807, 2.05) is 54.3 Å². The van der Waals surface area contributed by atoms with Crippen LogP contribution < -0.4 is 5.32 Å². The molecule has 1 saturated heterocycles. The predicted octanol–water partition coefficient (Wildman–Crippen LogP) is 6.28. The molecule has 5 rings (SSSR count). The first-order valence-electron chi connectivity index (χ1n) is 11.8. The molecule has 0 bridgehead atoms. The monoisotopic (exact) mass is 487 g/mol. The number of benzene rings is 3. The molecule has 178 valence electrons. The molecule has 0 radical (unpaired) electrons. The molecule has 35 heavy (non-hydrogen) atoms. The summed E-state index contributed by atoms with van der Waals surface area (Å²) in [5.74, 6) is 0.492. The Kier molecular flexibility index (Phi) is 6.55. The van der Waals surface area contributed by atoms with Gasteiger partial charge in [-0.1, -0.05) is 48.9 Å². The molecule has 0 aliphatic carbocycles. The van der Waals surface area contributed by atoms with Gasteiger partial charge in [0, 0.05) is 30.1 Å². The number of oxazole rings is 1. The lowest BCUT2D eigenvalue weighted by Crippen LogP contribution is -2.41. The van der Waals surface area contributed by atoms with Crippen LogP contribution in [-0.4, -0.2) is 34.8 Å². The first-order valence-corrected chi connectivity index (χ1v) is 12.2. The SMILES string of the molecule is CC(C(=O)Nc1ccccc1Cl)C1CCN(C(=O)c2ccc3oc(-c4ccccc4)nc3c2)CC1. The van der Waals surface area contributed by atoms with E-state index in [1.165, 1.54) is 0 Å². The summed E-state index contributed by atoms with van der Waals surface area (Å²) in [6.07, 6.45) is 1.54. The van der Waals surface area contributed by atoms with Crippen LogP contribution in [-0.2, 0) is 4.79 Å². The van der Waals surface area contributed by atoms with Crippen molar-refractivity contribution < 1.29 is 14.0 Å².